The summed E-state index contributed by atoms with van der Waals surface area (Å²) in [4.78, 5) is 13.0. The van der Waals surface area contributed by atoms with Crippen molar-refractivity contribution in [1.82, 2.24) is 9.88 Å². The highest BCUT2D eigenvalue weighted by molar-refractivity contribution is 6.30. The number of fused-ring (bicyclic) bond motifs is 1. The molecule has 3 nitrogen and oxygen atoms in total. The van der Waals surface area contributed by atoms with E-state index in [2.05, 4.69) is 48.1 Å². The molecule has 0 aliphatic rings. The zero-order valence-electron chi connectivity index (χ0n) is 18.6. The van der Waals surface area contributed by atoms with Crippen molar-refractivity contribution >= 4 is 28.4 Å². The largest absolute Gasteiger partial charge is 0.352 e. The summed E-state index contributed by atoms with van der Waals surface area (Å²) in [6.45, 7) is 5.78. The van der Waals surface area contributed by atoms with Crippen molar-refractivity contribution in [2.75, 3.05) is 0 Å². The van der Waals surface area contributed by atoms with Crippen LogP contribution < -0.4 is 5.32 Å². The van der Waals surface area contributed by atoms with Gasteiger partial charge in [-0.1, -0.05) is 79.2 Å². The number of para-hydroxylation sites is 1. The lowest BCUT2D eigenvalue weighted by atomic mass is 9.87. The van der Waals surface area contributed by atoms with Gasteiger partial charge in [0.25, 0.3) is 0 Å². The topological polar surface area (TPSA) is 34.0 Å². The van der Waals surface area contributed by atoms with E-state index in [0.717, 1.165) is 24.1 Å². The molecule has 0 spiro atoms. The Balaban J connectivity index is 1.70. The smallest absolute Gasteiger partial charge is 0.221 e. The average molecular weight is 445 g/mol. The van der Waals surface area contributed by atoms with Crippen LogP contribution >= 0.6 is 11.6 Å². The van der Waals surface area contributed by atoms with Crippen molar-refractivity contribution in [2.24, 2.45) is 0 Å². The van der Waals surface area contributed by atoms with E-state index in [1.54, 1.807) is 0 Å². The van der Waals surface area contributed by atoms with E-state index in [0.29, 0.717) is 18.0 Å². The van der Waals surface area contributed by atoms with Crippen molar-refractivity contribution in [3.8, 4) is 0 Å². The lowest BCUT2D eigenvalue weighted by Gasteiger charge is -2.18. The predicted molar refractivity (Wildman–Crippen MR) is 133 cm³/mol. The summed E-state index contributed by atoms with van der Waals surface area (Å²) >= 11 is 6.16. The maximum absolute atomic E-state index is 13.0. The van der Waals surface area contributed by atoms with Gasteiger partial charge in [-0.05, 0) is 47.7 Å². The van der Waals surface area contributed by atoms with Crippen molar-refractivity contribution in [3.05, 3.63) is 106 Å². The Bertz CT molecular complexity index is 1200. The summed E-state index contributed by atoms with van der Waals surface area (Å²) in [5.41, 5.74) is 5.99. The number of aromatic nitrogens is 1. The van der Waals surface area contributed by atoms with Crippen LogP contribution in [0, 0.1) is 0 Å². The SMILES string of the molecule is CCc1cccc2c([C@@H](CC(=O)NCc3ccccc3)c3ccc(Cl)cc3)cn(CC)c12. The number of carbonyl (C=O) groups excluding carboxylic acids is 1. The summed E-state index contributed by atoms with van der Waals surface area (Å²) in [5, 5.41) is 5.02. The fourth-order valence-electron chi connectivity index (χ4n) is 4.43. The first-order valence-electron chi connectivity index (χ1n) is 11.3. The van der Waals surface area contributed by atoms with Crippen molar-refractivity contribution in [1.29, 1.82) is 0 Å². The molecule has 164 valence electrons. The molecule has 0 aliphatic heterocycles. The lowest BCUT2D eigenvalue weighted by molar-refractivity contribution is -0.121. The molecule has 0 unspecified atom stereocenters. The first kappa shape index (κ1) is 22.2. The summed E-state index contributed by atoms with van der Waals surface area (Å²) in [6, 6.07) is 24.4. The summed E-state index contributed by atoms with van der Waals surface area (Å²) in [5.74, 6) is -0.0108. The van der Waals surface area contributed by atoms with Crippen LogP contribution in [0.3, 0.4) is 0 Å². The van der Waals surface area contributed by atoms with Crippen molar-refractivity contribution < 1.29 is 4.79 Å². The van der Waals surface area contributed by atoms with Crippen molar-refractivity contribution in [3.63, 3.8) is 0 Å². The molecule has 32 heavy (non-hydrogen) atoms. The van der Waals surface area contributed by atoms with Gasteiger partial charge in [0.15, 0.2) is 0 Å². The van der Waals surface area contributed by atoms with Gasteiger partial charge in [0.05, 0.1) is 5.52 Å². The second kappa shape index (κ2) is 10.1. The fourth-order valence-corrected chi connectivity index (χ4v) is 4.56. The number of nitrogens with zero attached hydrogens (tertiary/aromatic N) is 1. The van der Waals surface area contributed by atoms with Crippen LogP contribution in [0.4, 0.5) is 0 Å². The van der Waals surface area contributed by atoms with Crippen LogP contribution in [0.2, 0.25) is 5.02 Å². The van der Waals surface area contributed by atoms with Gasteiger partial charge in [-0.3, -0.25) is 4.79 Å². The fraction of sp³-hybridized carbons (Fsp3) is 0.250. The molecule has 0 saturated carbocycles. The number of rotatable bonds is 8. The van der Waals surface area contributed by atoms with Gasteiger partial charge in [-0.15, -0.1) is 0 Å². The Hall–Kier alpha value is -3.04. The molecule has 4 heteroatoms. The molecule has 0 bridgehead atoms. The zero-order chi connectivity index (χ0) is 22.5. The standard InChI is InChI=1S/C28H29ClN2O/c1-3-21-11-8-12-24-26(19-31(4-2)28(21)24)25(22-13-15-23(29)16-14-22)17-27(32)30-18-20-9-6-5-7-10-20/h5-16,19,25H,3-4,17-18H2,1-2H3,(H,30,32)/t25-/m0/s1. The Morgan fingerprint density at radius 3 is 2.41 bits per heavy atom. The molecule has 0 aliphatic carbocycles. The van der Waals surface area contributed by atoms with Gasteiger partial charge in [0.1, 0.15) is 0 Å². The quantitative estimate of drug-likeness (QED) is 0.321. The predicted octanol–water partition coefficient (Wildman–Crippen LogP) is 6.72. The van der Waals surface area contributed by atoms with Gasteiger partial charge in [0.2, 0.25) is 5.91 Å². The molecule has 1 atom stereocenters. The van der Waals surface area contributed by atoms with Crippen LogP contribution in [-0.4, -0.2) is 10.5 Å². The first-order chi connectivity index (χ1) is 15.6. The number of hydrogen-bond acceptors (Lipinski definition) is 1. The Morgan fingerprint density at radius 1 is 0.969 bits per heavy atom. The van der Waals surface area contributed by atoms with Gasteiger partial charge >= 0.3 is 0 Å². The normalized spacial score (nSPS) is 12.1. The molecule has 1 N–H and O–H groups in total. The van der Waals surface area contributed by atoms with E-state index >= 15 is 0 Å². The summed E-state index contributed by atoms with van der Waals surface area (Å²) in [6.07, 6.45) is 3.59. The van der Waals surface area contributed by atoms with Crippen LogP contribution in [0.15, 0.2) is 79.0 Å². The zero-order valence-corrected chi connectivity index (χ0v) is 19.4. The number of halogens is 1. The van der Waals surface area contributed by atoms with Gasteiger partial charge in [-0.25, -0.2) is 0 Å². The molecule has 1 aromatic heterocycles. The third-order valence-electron chi connectivity index (χ3n) is 6.10. The summed E-state index contributed by atoms with van der Waals surface area (Å²) in [7, 11) is 0. The first-order valence-corrected chi connectivity index (χ1v) is 11.6. The molecular formula is C28H29ClN2O. The number of nitrogens with one attached hydrogen (secondary N) is 1. The maximum atomic E-state index is 13.0. The molecule has 0 saturated heterocycles. The summed E-state index contributed by atoms with van der Waals surface area (Å²) < 4.78 is 2.31. The third kappa shape index (κ3) is 4.73. The maximum Gasteiger partial charge on any atom is 0.221 e. The molecule has 4 rings (SSSR count). The van der Waals surface area contributed by atoms with E-state index in [-0.39, 0.29) is 11.8 Å². The number of amides is 1. The molecule has 3 aromatic carbocycles. The molecule has 1 amide bonds. The van der Waals surface area contributed by atoms with Gasteiger partial charge in [0, 0.05) is 42.0 Å². The number of benzene rings is 3. The van der Waals surface area contributed by atoms with E-state index in [9.17, 15) is 4.79 Å². The average Bonchev–Trinajstić information content (AvgIpc) is 3.21. The molecule has 1 heterocycles. The highest BCUT2D eigenvalue weighted by Gasteiger charge is 2.23. The second-order valence-corrected chi connectivity index (χ2v) is 8.54. The molecular weight excluding hydrogens is 416 g/mol. The van der Waals surface area contributed by atoms with Crippen molar-refractivity contribution in [2.45, 2.75) is 45.7 Å². The second-order valence-electron chi connectivity index (χ2n) is 8.11. The Labute approximate surface area is 195 Å². The molecule has 0 radical (unpaired) electrons. The molecule has 4 aromatic rings. The highest BCUT2D eigenvalue weighted by atomic mass is 35.5. The monoisotopic (exact) mass is 444 g/mol. The van der Waals surface area contributed by atoms with Gasteiger partial charge in [-0.2, -0.15) is 0 Å². The minimum atomic E-state index is -0.0505. The van der Waals surface area contributed by atoms with Crippen LogP contribution in [0.1, 0.15) is 48.4 Å². The van der Waals surface area contributed by atoms with Gasteiger partial charge < -0.3 is 9.88 Å². The van der Waals surface area contributed by atoms with E-state index in [4.69, 9.17) is 11.6 Å². The van der Waals surface area contributed by atoms with Crippen LogP contribution in [0.5, 0.6) is 0 Å². The highest BCUT2D eigenvalue weighted by Crippen LogP contribution is 2.36. The minimum absolute atomic E-state index is 0.0397. The lowest BCUT2D eigenvalue weighted by Crippen LogP contribution is -2.25. The number of carbonyl (C=O) groups is 1. The number of aryl methyl sites for hydroxylation is 2. The minimum Gasteiger partial charge on any atom is -0.352 e. The molecule has 0 fully saturated rings. The van der Waals surface area contributed by atoms with Crippen LogP contribution in [0.25, 0.3) is 10.9 Å². The van der Waals surface area contributed by atoms with Crippen LogP contribution in [-0.2, 0) is 24.3 Å². The third-order valence-corrected chi connectivity index (χ3v) is 6.36. The number of hydrogen-bond donors (Lipinski definition) is 1. The Kier molecular flexibility index (Phi) is 6.96. The van der Waals surface area contributed by atoms with E-state index in [1.807, 2.05) is 54.6 Å². The Morgan fingerprint density at radius 2 is 1.72 bits per heavy atom. The van der Waals surface area contributed by atoms with E-state index in [1.165, 1.54) is 22.0 Å². The van der Waals surface area contributed by atoms with E-state index < -0.39 is 0 Å².